The summed E-state index contributed by atoms with van der Waals surface area (Å²) in [5.41, 5.74) is 0. The van der Waals surface area contributed by atoms with Gasteiger partial charge in [0, 0.05) is 31.2 Å². The van der Waals surface area contributed by atoms with Crippen LogP contribution in [0.4, 0.5) is 0 Å². The molecule has 0 amide bonds. The lowest BCUT2D eigenvalue weighted by Crippen LogP contribution is -2.57. The molecule has 0 radical (unpaired) electrons. The third-order valence-corrected chi connectivity index (χ3v) is 3.66. The molecule has 2 unspecified atom stereocenters. The molecule has 1 aliphatic heterocycles. The molecule has 0 aromatic rings. The molecule has 0 aromatic carbocycles. The highest BCUT2D eigenvalue weighted by Gasteiger charge is 2.30. The molecule has 1 saturated heterocycles. The molecule has 15 heavy (non-hydrogen) atoms. The van der Waals surface area contributed by atoms with E-state index in [-0.39, 0.29) is 0 Å². The number of nitrogens with one attached hydrogen (secondary N) is 1. The lowest BCUT2D eigenvalue weighted by Gasteiger charge is -2.40. The Balaban J connectivity index is 1.91. The molecule has 2 fully saturated rings. The smallest absolute Gasteiger partial charge is 0.0638 e. The first-order chi connectivity index (χ1) is 7.29. The van der Waals surface area contributed by atoms with Gasteiger partial charge < -0.3 is 5.32 Å². The number of hydrogen-bond acceptors (Lipinski definition) is 3. The van der Waals surface area contributed by atoms with E-state index in [4.69, 9.17) is 5.26 Å². The summed E-state index contributed by atoms with van der Waals surface area (Å²) in [6, 6.07) is 4.01. The summed E-state index contributed by atoms with van der Waals surface area (Å²) in [5, 5.41) is 12.3. The fraction of sp³-hybridized carbons (Fsp3) is 0.917. The summed E-state index contributed by atoms with van der Waals surface area (Å²) in [6.07, 6.45) is 6.17. The van der Waals surface area contributed by atoms with Gasteiger partial charge >= 0.3 is 0 Å². The normalized spacial score (nSPS) is 34.1. The summed E-state index contributed by atoms with van der Waals surface area (Å²) in [4.78, 5) is 2.61. The van der Waals surface area contributed by atoms with Crippen molar-refractivity contribution in [3.63, 3.8) is 0 Å². The predicted molar refractivity (Wildman–Crippen MR) is 60.4 cm³/mol. The van der Waals surface area contributed by atoms with Crippen LogP contribution in [0.25, 0.3) is 0 Å². The molecule has 3 nitrogen and oxygen atoms in total. The van der Waals surface area contributed by atoms with Crippen molar-refractivity contribution in [1.29, 1.82) is 5.26 Å². The Kier molecular flexibility index (Phi) is 3.61. The largest absolute Gasteiger partial charge is 0.308 e. The van der Waals surface area contributed by atoms with Gasteiger partial charge in [-0.05, 0) is 19.8 Å². The number of rotatable bonds is 2. The van der Waals surface area contributed by atoms with Crippen LogP contribution in [-0.4, -0.2) is 36.1 Å². The van der Waals surface area contributed by atoms with Crippen molar-refractivity contribution < 1.29 is 0 Å². The van der Waals surface area contributed by atoms with E-state index in [2.05, 4.69) is 23.2 Å². The summed E-state index contributed by atoms with van der Waals surface area (Å²) in [7, 11) is 0. The lowest BCUT2D eigenvalue weighted by atomic mass is 10.1. The van der Waals surface area contributed by atoms with Crippen molar-refractivity contribution >= 4 is 0 Å². The fourth-order valence-corrected chi connectivity index (χ4v) is 3.02. The monoisotopic (exact) mass is 207 g/mol. The molecule has 1 saturated carbocycles. The van der Waals surface area contributed by atoms with Gasteiger partial charge in [-0.1, -0.05) is 12.8 Å². The average Bonchev–Trinajstić information content (AvgIpc) is 2.70. The van der Waals surface area contributed by atoms with E-state index >= 15 is 0 Å². The van der Waals surface area contributed by atoms with Gasteiger partial charge in [-0.2, -0.15) is 5.26 Å². The predicted octanol–water partition coefficient (Wildman–Crippen LogP) is 1.50. The summed E-state index contributed by atoms with van der Waals surface area (Å²) < 4.78 is 0. The van der Waals surface area contributed by atoms with Crippen LogP contribution in [0.15, 0.2) is 0 Å². The summed E-state index contributed by atoms with van der Waals surface area (Å²) in [6.45, 7) is 4.46. The third kappa shape index (κ3) is 2.70. The fourth-order valence-electron chi connectivity index (χ4n) is 3.02. The van der Waals surface area contributed by atoms with Gasteiger partial charge in [0.15, 0.2) is 0 Å². The van der Waals surface area contributed by atoms with Gasteiger partial charge in [0.05, 0.1) is 12.5 Å². The van der Waals surface area contributed by atoms with Crippen molar-refractivity contribution in [2.75, 3.05) is 13.1 Å². The SMILES string of the molecule is CC1CN(C2CCCC2)CC(CC#N)N1. The summed E-state index contributed by atoms with van der Waals surface area (Å²) in [5.74, 6) is 0. The molecule has 2 atom stereocenters. The van der Waals surface area contributed by atoms with Crippen molar-refractivity contribution in [1.82, 2.24) is 10.2 Å². The quantitative estimate of drug-likeness (QED) is 0.746. The van der Waals surface area contributed by atoms with Gasteiger partial charge in [-0.25, -0.2) is 0 Å². The molecule has 0 aromatic heterocycles. The molecular weight excluding hydrogens is 186 g/mol. The minimum Gasteiger partial charge on any atom is -0.308 e. The number of nitrogens with zero attached hydrogens (tertiary/aromatic N) is 2. The van der Waals surface area contributed by atoms with E-state index in [9.17, 15) is 0 Å². The van der Waals surface area contributed by atoms with Crippen LogP contribution in [0.2, 0.25) is 0 Å². The van der Waals surface area contributed by atoms with Gasteiger partial charge in [-0.15, -0.1) is 0 Å². The first-order valence-corrected chi connectivity index (χ1v) is 6.16. The maximum absolute atomic E-state index is 8.75. The molecule has 84 valence electrons. The van der Waals surface area contributed by atoms with Gasteiger partial charge in [0.1, 0.15) is 0 Å². The Morgan fingerprint density at radius 2 is 2.07 bits per heavy atom. The van der Waals surface area contributed by atoms with Crippen LogP contribution in [0.1, 0.15) is 39.0 Å². The van der Waals surface area contributed by atoms with Crippen molar-refractivity contribution in [3.05, 3.63) is 0 Å². The second-order valence-electron chi connectivity index (χ2n) is 5.02. The van der Waals surface area contributed by atoms with Gasteiger partial charge in [0.2, 0.25) is 0 Å². The first kappa shape index (κ1) is 10.9. The highest BCUT2D eigenvalue weighted by Crippen LogP contribution is 2.25. The Morgan fingerprint density at radius 3 is 2.73 bits per heavy atom. The standard InChI is InChI=1S/C12H21N3/c1-10-8-15(12-4-2-3-5-12)9-11(14-10)6-7-13/h10-12,14H,2-6,8-9H2,1H3. The second kappa shape index (κ2) is 4.96. The number of piperazine rings is 1. The Morgan fingerprint density at radius 1 is 1.33 bits per heavy atom. The topological polar surface area (TPSA) is 39.1 Å². The molecule has 3 heteroatoms. The van der Waals surface area contributed by atoms with E-state index in [1.165, 1.54) is 25.7 Å². The molecule has 1 aliphatic carbocycles. The lowest BCUT2D eigenvalue weighted by molar-refractivity contribution is 0.120. The summed E-state index contributed by atoms with van der Waals surface area (Å²) >= 11 is 0. The molecule has 1 N–H and O–H groups in total. The Labute approximate surface area is 92.4 Å². The first-order valence-electron chi connectivity index (χ1n) is 6.16. The molecule has 0 spiro atoms. The van der Waals surface area contributed by atoms with Crippen LogP contribution in [0.5, 0.6) is 0 Å². The van der Waals surface area contributed by atoms with E-state index in [0.717, 1.165) is 19.1 Å². The van der Waals surface area contributed by atoms with E-state index in [1.807, 2.05) is 0 Å². The Bertz CT molecular complexity index is 240. The zero-order valence-corrected chi connectivity index (χ0v) is 9.58. The van der Waals surface area contributed by atoms with Crippen LogP contribution in [-0.2, 0) is 0 Å². The minimum atomic E-state index is 0.388. The van der Waals surface area contributed by atoms with Gasteiger partial charge in [-0.3, -0.25) is 4.90 Å². The van der Waals surface area contributed by atoms with Crippen LogP contribution >= 0.6 is 0 Å². The zero-order valence-electron chi connectivity index (χ0n) is 9.58. The van der Waals surface area contributed by atoms with Crippen LogP contribution in [0, 0.1) is 11.3 Å². The molecular formula is C12H21N3. The highest BCUT2D eigenvalue weighted by atomic mass is 15.2. The van der Waals surface area contributed by atoms with E-state index in [0.29, 0.717) is 18.5 Å². The minimum absolute atomic E-state index is 0.388. The highest BCUT2D eigenvalue weighted by molar-refractivity contribution is 4.92. The Hall–Kier alpha value is -0.590. The van der Waals surface area contributed by atoms with Crippen LogP contribution in [0.3, 0.4) is 0 Å². The number of nitriles is 1. The van der Waals surface area contributed by atoms with Crippen molar-refractivity contribution in [2.24, 2.45) is 0 Å². The third-order valence-electron chi connectivity index (χ3n) is 3.66. The van der Waals surface area contributed by atoms with E-state index in [1.54, 1.807) is 0 Å². The number of hydrogen-bond donors (Lipinski definition) is 1. The van der Waals surface area contributed by atoms with Crippen LogP contribution < -0.4 is 5.32 Å². The average molecular weight is 207 g/mol. The second-order valence-corrected chi connectivity index (χ2v) is 5.02. The van der Waals surface area contributed by atoms with Crippen molar-refractivity contribution in [3.8, 4) is 6.07 Å². The van der Waals surface area contributed by atoms with Gasteiger partial charge in [0.25, 0.3) is 0 Å². The van der Waals surface area contributed by atoms with E-state index < -0.39 is 0 Å². The van der Waals surface area contributed by atoms with Crippen molar-refractivity contribution in [2.45, 2.75) is 57.2 Å². The molecule has 1 heterocycles. The molecule has 0 bridgehead atoms. The maximum Gasteiger partial charge on any atom is 0.0638 e. The molecule has 2 rings (SSSR count). The molecule has 2 aliphatic rings. The maximum atomic E-state index is 8.75. The zero-order chi connectivity index (χ0) is 10.7.